The lowest BCUT2D eigenvalue weighted by molar-refractivity contribution is 0.373. The zero-order valence-electron chi connectivity index (χ0n) is 13.3. The third kappa shape index (κ3) is 4.80. The van der Waals surface area contributed by atoms with Crippen LogP contribution in [0.3, 0.4) is 0 Å². The monoisotopic (exact) mass is 370 g/mol. The Balaban J connectivity index is 0.00000208. The normalized spacial score (nSPS) is 21.2. The minimum atomic E-state index is -3.52. The molecule has 0 atom stereocenters. The van der Waals surface area contributed by atoms with Gasteiger partial charge in [-0.3, -0.25) is 4.68 Å². The van der Waals surface area contributed by atoms with Gasteiger partial charge in [0.1, 0.15) is 4.90 Å². The number of rotatable bonds is 5. The Kier molecular flexibility index (Phi) is 6.40. The quantitative estimate of drug-likeness (QED) is 0.841. The molecule has 0 aliphatic heterocycles. The molecule has 24 heavy (non-hydrogen) atoms. The molecule has 8 heteroatoms. The summed E-state index contributed by atoms with van der Waals surface area (Å²) in [7, 11) is -3.52. The number of sulfonamides is 1. The van der Waals surface area contributed by atoms with Gasteiger partial charge in [0.05, 0.1) is 12.7 Å². The largest absolute Gasteiger partial charge is 0.328 e. The topological polar surface area (TPSA) is 90.0 Å². The Morgan fingerprint density at radius 2 is 1.83 bits per heavy atom. The van der Waals surface area contributed by atoms with E-state index in [0.717, 1.165) is 31.2 Å². The summed E-state index contributed by atoms with van der Waals surface area (Å²) < 4.78 is 29.3. The molecule has 0 spiro atoms. The van der Waals surface area contributed by atoms with Crippen LogP contribution in [0.5, 0.6) is 0 Å². The van der Waals surface area contributed by atoms with Gasteiger partial charge >= 0.3 is 0 Å². The van der Waals surface area contributed by atoms with Crippen molar-refractivity contribution in [2.45, 2.75) is 49.2 Å². The standard InChI is InChI=1S/C16H22N4O2S.ClH/c17-14-6-8-15(9-7-14)19-23(21,22)16-10-18-20(12-16)11-13-4-2-1-3-5-13;/h1-5,10,12,14-15,19H,6-9,11,17H2;1H. The minimum Gasteiger partial charge on any atom is -0.328 e. The molecular weight excluding hydrogens is 348 g/mol. The number of hydrogen-bond donors (Lipinski definition) is 2. The summed E-state index contributed by atoms with van der Waals surface area (Å²) in [5.41, 5.74) is 6.94. The first-order valence-electron chi connectivity index (χ1n) is 7.87. The van der Waals surface area contributed by atoms with E-state index in [-0.39, 0.29) is 29.4 Å². The fourth-order valence-corrected chi connectivity index (χ4v) is 4.12. The summed E-state index contributed by atoms with van der Waals surface area (Å²) in [6.45, 7) is 0.550. The summed E-state index contributed by atoms with van der Waals surface area (Å²) >= 11 is 0. The van der Waals surface area contributed by atoms with Crippen LogP contribution in [0.1, 0.15) is 31.2 Å². The van der Waals surface area contributed by atoms with Crippen molar-refractivity contribution in [1.82, 2.24) is 14.5 Å². The average molecular weight is 371 g/mol. The molecule has 0 unspecified atom stereocenters. The second-order valence-corrected chi connectivity index (χ2v) is 7.81. The van der Waals surface area contributed by atoms with Crippen molar-refractivity contribution in [2.24, 2.45) is 5.73 Å². The number of benzene rings is 1. The fraction of sp³-hybridized carbons (Fsp3) is 0.438. The maximum atomic E-state index is 12.5. The van der Waals surface area contributed by atoms with Crippen LogP contribution in [0.2, 0.25) is 0 Å². The van der Waals surface area contributed by atoms with Gasteiger partial charge in [-0.15, -0.1) is 12.4 Å². The van der Waals surface area contributed by atoms with Gasteiger partial charge in [0.2, 0.25) is 10.0 Å². The predicted octanol–water partition coefficient (Wildman–Crippen LogP) is 1.90. The van der Waals surface area contributed by atoms with E-state index >= 15 is 0 Å². The Hall–Kier alpha value is -1.41. The minimum absolute atomic E-state index is 0. The number of aromatic nitrogens is 2. The molecular formula is C16H23ClN4O2S. The summed E-state index contributed by atoms with van der Waals surface area (Å²) in [4.78, 5) is 0.211. The van der Waals surface area contributed by atoms with Gasteiger partial charge < -0.3 is 5.73 Å². The molecule has 0 radical (unpaired) electrons. The van der Waals surface area contributed by atoms with E-state index in [4.69, 9.17) is 5.73 Å². The summed E-state index contributed by atoms with van der Waals surface area (Å²) in [5.74, 6) is 0. The smallest absolute Gasteiger partial charge is 0.243 e. The SMILES string of the molecule is Cl.NC1CCC(NS(=O)(=O)c2cnn(Cc3ccccc3)c2)CC1. The number of nitrogens with two attached hydrogens (primary N) is 1. The van der Waals surface area contributed by atoms with Crippen molar-refractivity contribution >= 4 is 22.4 Å². The van der Waals surface area contributed by atoms with Gasteiger partial charge in [-0.25, -0.2) is 13.1 Å². The Morgan fingerprint density at radius 3 is 2.50 bits per heavy atom. The Bertz CT molecular complexity index is 740. The van der Waals surface area contributed by atoms with Gasteiger partial charge in [0, 0.05) is 18.3 Å². The molecule has 1 aromatic heterocycles. The molecule has 2 aromatic rings. The van der Waals surface area contributed by atoms with Crippen LogP contribution in [-0.4, -0.2) is 30.3 Å². The number of hydrogen-bond acceptors (Lipinski definition) is 4. The third-order valence-corrected chi connectivity index (χ3v) is 5.68. The highest BCUT2D eigenvalue weighted by Gasteiger charge is 2.25. The van der Waals surface area contributed by atoms with Crippen LogP contribution in [0.15, 0.2) is 47.6 Å². The molecule has 3 rings (SSSR count). The van der Waals surface area contributed by atoms with Crippen LogP contribution in [0.25, 0.3) is 0 Å². The second kappa shape index (κ2) is 8.11. The summed E-state index contributed by atoms with van der Waals surface area (Å²) in [6, 6.07) is 9.99. The van der Waals surface area contributed by atoms with E-state index in [1.165, 1.54) is 6.20 Å². The van der Waals surface area contributed by atoms with E-state index in [0.29, 0.717) is 6.54 Å². The van der Waals surface area contributed by atoms with E-state index in [9.17, 15) is 8.42 Å². The number of nitrogens with zero attached hydrogens (tertiary/aromatic N) is 2. The number of nitrogens with one attached hydrogen (secondary N) is 1. The lowest BCUT2D eigenvalue weighted by Crippen LogP contribution is -2.40. The van der Waals surface area contributed by atoms with Crippen molar-refractivity contribution in [3.8, 4) is 0 Å². The molecule has 1 aliphatic carbocycles. The van der Waals surface area contributed by atoms with E-state index in [1.807, 2.05) is 30.3 Å². The van der Waals surface area contributed by atoms with Crippen LogP contribution in [-0.2, 0) is 16.6 Å². The molecule has 1 aliphatic rings. The van der Waals surface area contributed by atoms with Crippen molar-refractivity contribution in [3.63, 3.8) is 0 Å². The predicted molar refractivity (Wildman–Crippen MR) is 95.6 cm³/mol. The molecule has 6 nitrogen and oxygen atoms in total. The van der Waals surface area contributed by atoms with Crippen LogP contribution >= 0.6 is 12.4 Å². The van der Waals surface area contributed by atoms with Gasteiger partial charge in [-0.05, 0) is 31.2 Å². The molecule has 132 valence electrons. The molecule has 1 fully saturated rings. The molecule has 3 N–H and O–H groups in total. The Labute approximate surface area is 148 Å². The average Bonchev–Trinajstić information content (AvgIpc) is 3.00. The second-order valence-electron chi connectivity index (χ2n) is 6.09. The maximum Gasteiger partial charge on any atom is 0.243 e. The van der Waals surface area contributed by atoms with E-state index in [1.54, 1.807) is 10.9 Å². The van der Waals surface area contributed by atoms with Crippen molar-refractivity contribution in [2.75, 3.05) is 0 Å². The Morgan fingerprint density at radius 1 is 1.17 bits per heavy atom. The van der Waals surface area contributed by atoms with Crippen molar-refractivity contribution in [3.05, 3.63) is 48.3 Å². The molecule has 1 saturated carbocycles. The third-order valence-electron chi connectivity index (χ3n) is 4.20. The first kappa shape index (κ1) is 18.9. The highest BCUT2D eigenvalue weighted by molar-refractivity contribution is 7.89. The number of halogens is 1. The summed E-state index contributed by atoms with van der Waals surface area (Å²) in [6.07, 6.45) is 6.28. The molecule has 0 amide bonds. The van der Waals surface area contributed by atoms with E-state index < -0.39 is 10.0 Å². The first-order chi connectivity index (χ1) is 11.0. The summed E-state index contributed by atoms with van der Waals surface area (Å²) in [5, 5.41) is 4.16. The lowest BCUT2D eigenvalue weighted by Gasteiger charge is -2.26. The van der Waals surface area contributed by atoms with Crippen LogP contribution < -0.4 is 10.5 Å². The van der Waals surface area contributed by atoms with Crippen LogP contribution in [0, 0.1) is 0 Å². The highest BCUT2D eigenvalue weighted by atomic mass is 35.5. The molecule has 1 heterocycles. The first-order valence-corrected chi connectivity index (χ1v) is 9.35. The molecule has 0 bridgehead atoms. The molecule has 0 saturated heterocycles. The highest BCUT2D eigenvalue weighted by Crippen LogP contribution is 2.19. The van der Waals surface area contributed by atoms with Gasteiger partial charge in [-0.2, -0.15) is 5.10 Å². The van der Waals surface area contributed by atoms with Crippen molar-refractivity contribution in [1.29, 1.82) is 0 Å². The lowest BCUT2D eigenvalue weighted by atomic mass is 9.93. The fourth-order valence-electron chi connectivity index (χ4n) is 2.86. The van der Waals surface area contributed by atoms with Gasteiger partial charge in [-0.1, -0.05) is 30.3 Å². The van der Waals surface area contributed by atoms with Crippen molar-refractivity contribution < 1.29 is 8.42 Å². The zero-order valence-corrected chi connectivity index (χ0v) is 15.0. The van der Waals surface area contributed by atoms with Crippen LogP contribution in [0.4, 0.5) is 0 Å². The van der Waals surface area contributed by atoms with E-state index in [2.05, 4.69) is 9.82 Å². The van der Waals surface area contributed by atoms with Gasteiger partial charge in [0.25, 0.3) is 0 Å². The molecule has 1 aromatic carbocycles. The van der Waals surface area contributed by atoms with Gasteiger partial charge in [0.15, 0.2) is 0 Å². The zero-order chi connectivity index (χ0) is 16.3. The maximum absolute atomic E-state index is 12.5.